The summed E-state index contributed by atoms with van der Waals surface area (Å²) in [5.74, 6) is 1.98. The second kappa shape index (κ2) is 19.1. The standard InChI is InChI=1S/C64H82O4/c1-59(2,3)43-31-41(32-44(35-43)60(4,5)6)51-37-47(63(13,14)15)39-53(57(51)65)49-25-19-21-27-55(49)67-29-23-24-30-68-56-28-22-20-26-50(56)54-40-48(64(16,17)18)38-52(58(54)66)42-33-45(61(7,8)9)36-46(34-42)62(10,11)12/h19-22,25-28,31-40,65-66H,23-24,29-30H2,1-18H3. The molecule has 0 saturated heterocycles. The molecule has 6 rings (SSSR count). The van der Waals surface area contributed by atoms with Gasteiger partial charge in [0.05, 0.1) is 13.2 Å². The van der Waals surface area contributed by atoms with Crippen LogP contribution < -0.4 is 9.47 Å². The summed E-state index contributed by atoms with van der Waals surface area (Å²) >= 11 is 0. The molecule has 0 aliphatic heterocycles. The Morgan fingerprint density at radius 2 is 0.559 bits per heavy atom. The Labute approximate surface area is 411 Å². The van der Waals surface area contributed by atoms with E-state index in [9.17, 15) is 10.2 Å². The van der Waals surface area contributed by atoms with Crippen LogP contribution in [0.15, 0.2) is 109 Å². The van der Waals surface area contributed by atoms with Gasteiger partial charge in [0.1, 0.15) is 23.0 Å². The molecule has 6 aromatic rings. The monoisotopic (exact) mass is 915 g/mol. The van der Waals surface area contributed by atoms with Crippen LogP contribution in [0.1, 0.15) is 171 Å². The maximum Gasteiger partial charge on any atom is 0.131 e. The van der Waals surface area contributed by atoms with Crippen molar-refractivity contribution in [3.05, 3.63) is 143 Å². The zero-order valence-corrected chi connectivity index (χ0v) is 44.9. The number of benzene rings is 6. The Bertz CT molecular complexity index is 2490. The Morgan fingerprint density at radius 3 is 0.838 bits per heavy atom. The maximum atomic E-state index is 12.3. The first kappa shape index (κ1) is 51.9. The molecule has 0 aromatic heterocycles. The number of hydrogen-bond donors (Lipinski definition) is 2. The van der Waals surface area contributed by atoms with Gasteiger partial charge in [-0.25, -0.2) is 0 Å². The summed E-state index contributed by atoms with van der Waals surface area (Å²) < 4.78 is 13.1. The van der Waals surface area contributed by atoms with Crippen LogP contribution in [0.4, 0.5) is 0 Å². The molecule has 0 amide bonds. The number of unbranched alkanes of at least 4 members (excludes halogenated alkanes) is 1. The highest BCUT2D eigenvalue weighted by atomic mass is 16.5. The van der Waals surface area contributed by atoms with Gasteiger partial charge >= 0.3 is 0 Å². The highest BCUT2D eigenvalue weighted by molar-refractivity contribution is 5.87. The average Bonchev–Trinajstić information content (AvgIpc) is 3.23. The number of aromatic hydroxyl groups is 2. The van der Waals surface area contributed by atoms with Gasteiger partial charge in [-0.05, 0) is 126 Å². The van der Waals surface area contributed by atoms with Crippen LogP contribution in [-0.2, 0) is 32.5 Å². The molecule has 0 saturated carbocycles. The van der Waals surface area contributed by atoms with Gasteiger partial charge in [-0.1, -0.05) is 197 Å². The van der Waals surface area contributed by atoms with Gasteiger partial charge in [0.2, 0.25) is 0 Å². The Balaban J connectivity index is 1.26. The van der Waals surface area contributed by atoms with Crippen molar-refractivity contribution in [2.24, 2.45) is 0 Å². The first-order valence-corrected chi connectivity index (χ1v) is 24.9. The molecule has 6 aromatic carbocycles. The summed E-state index contributed by atoms with van der Waals surface area (Å²) in [6.45, 7) is 41.3. The Kier molecular flexibility index (Phi) is 14.6. The first-order valence-electron chi connectivity index (χ1n) is 24.9. The van der Waals surface area contributed by atoms with Crippen LogP contribution in [-0.4, -0.2) is 23.4 Å². The van der Waals surface area contributed by atoms with Crippen LogP contribution in [0, 0.1) is 0 Å². The minimum Gasteiger partial charge on any atom is -0.507 e. The third-order valence-electron chi connectivity index (χ3n) is 13.3. The van der Waals surface area contributed by atoms with Crippen LogP contribution >= 0.6 is 0 Å². The van der Waals surface area contributed by atoms with Gasteiger partial charge in [-0.2, -0.15) is 0 Å². The molecule has 0 unspecified atom stereocenters. The fourth-order valence-corrected chi connectivity index (χ4v) is 8.48. The van der Waals surface area contributed by atoms with Crippen molar-refractivity contribution in [2.45, 2.75) is 170 Å². The van der Waals surface area contributed by atoms with Crippen LogP contribution in [0.2, 0.25) is 0 Å². The predicted octanol–water partition coefficient (Wildman–Crippen LogP) is 17.8. The number of rotatable bonds is 11. The third kappa shape index (κ3) is 12.0. The van der Waals surface area contributed by atoms with Gasteiger partial charge in [-0.3, -0.25) is 0 Å². The van der Waals surface area contributed by atoms with Crippen molar-refractivity contribution in [1.29, 1.82) is 0 Å². The predicted molar refractivity (Wildman–Crippen MR) is 290 cm³/mol. The van der Waals surface area contributed by atoms with E-state index < -0.39 is 0 Å². The quantitative estimate of drug-likeness (QED) is 0.127. The largest absolute Gasteiger partial charge is 0.507 e. The molecule has 0 aliphatic rings. The zero-order valence-electron chi connectivity index (χ0n) is 44.9. The molecule has 0 fully saturated rings. The molecule has 0 aliphatic carbocycles. The van der Waals surface area contributed by atoms with Gasteiger partial charge in [-0.15, -0.1) is 0 Å². The van der Waals surface area contributed by atoms with E-state index in [0.717, 1.165) is 80.0 Å². The van der Waals surface area contributed by atoms with E-state index in [2.05, 4.69) is 185 Å². The van der Waals surface area contributed by atoms with E-state index in [1.54, 1.807) is 0 Å². The van der Waals surface area contributed by atoms with Crippen LogP contribution in [0.25, 0.3) is 44.5 Å². The average molecular weight is 915 g/mol. The lowest BCUT2D eigenvalue weighted by molar-refractivity contribution is 0.267. The molecule has 0 radical (unpaired) electrons. The molecule has 68 heavy (non-hydrogen) atoms. The Hall–Kier alpha value is -5.48. The number of hydrogen-bond acceptors (Lipinski definition) is 4. The molecular weight excluding hydrogens is 833 g/mol. The summed E-state index contributed by atoms with van der Waals surface area (Å²) in [6.07, 6.45) is 1.53. The summed E-state index contributed by atoms with van der Waals surface area (Å²) in [6, 6.07) is 38.4. The third-order valence-corrected chi connectivity index (χ3v) is 13.3. The van der Waals surface area contributed by atoms with Crippen molar-refractivity contribution in [1.82, 2.24) is 0 Å². The van der Waals surface area contributed by atoms with Crippen molar-refractivity contribution in [3.8, 4) is 67.5 Å². The molecule has 4 nitrogen and oxygen atoms in total. The second-order valence-corrected chi connectivity index (χ2v) is 25.3. The Morgan fingerprint density at radius 1 is 0.309 bits per heavy atom. The van der Waals surface area contributed by atoms with Gasteiger partial charge < -0.3 is 19.7 Å². The van der Waals surface area contributed by atoms with Crippen LogP contribution in [0.5, 0.6) is 23.0 Å². The minimum atomic E-state index is -0.162. The minimum absolute atomic E-state index is 0.0629. The maximum absolute atomic E-state index is 12.3. The summed E-state index contributed by atoms with van der Waals surface area (Å²) in [7, 11) is 0. The number of phenols is 2. The summed E-state index contributed by atoms with van der Waals surface area (Å²) in [4.78, 5) is 0. The second-order valence-electron chi connectivity index (χ2n) is 25.3. The summed E-state index contributed by atoms with van der Waals surface area (Å²) in [5, 5.41) is 24.6. The van der Waals surface area contributed by atoms with Crippen molar-refractivity contribution >= 4 is 0 Å². The topological polar surface area (TPSA) is 58.9 Å². The van der Waals surface area contributed by atoms with Gasteiger partial charge in [0.15, 0.2) is 0 Å². The van der Waals surface area contributed by atoms with Crippen molar-refractivity contribution < 1.29 is 19.7 Å². The lowest BCUT2D eigenvalue weighted by Crippen LogP contribution is -2.16. The fourth-order valence-electron chi connectivity index (χ4n) is 8.48. The highest BCUT2D eigenvalue weighted by Gasteiger charge is 2.28. The molecule has 0 bridgehead atoms. The van der Waals surface area contributed by atoms with E-state index >= 15 is 0 Å². The van der Waals surface area contributed by atoms with E-state index in [4.69, 9.17) is 9.47 Å². The SMILES string of the molecule is CC(C)(C)c1cc(-c2cc(C(C)(C)C)cc(-c3ccccc3OCCCCOc3ccccc3-c3cc(C(C)(C)C)cc(-c4cc(C(C)(C)C)cc(C(C)(C)C)c4)c3O)c2O)cc(C(C)(C)C)c1. The van der Waals surface area contributed by atoms with Crippen LogP contribution in [0.3, 0.4) is 0 Å². The normalized spacial score (nSPS) is 12.9. The van der Waals surface area contributed by atoms with E-state index in [-0.39, 0.29) is 44.0 Å². The molecular formula is C64H82O4. The number of para-hydroxylation sites is 2. The zero-order chi connectivity index (χ0) is 50.4. The highest BCUT2D eigenvalue weighted by Crippen LogP contribution is 2.48. The summed E-state index contributed by atoms with van der Waals surface area (Å²) in [5.41, 5.74) is 13.6. The molecule has 362 valence electrons. The smallest absolute Gasteiger partial charge is 0.131 e. The molecule has 2 N–H and O–H groups in total. The molecule has 4 heteroatoms. The van der Waals surface area contributed by atoms with E-state index in [1.807, 2.05) is 48.5 Å². The molecule has 0 heterocycles. The first-order chi connectivity index (χ1) is 31.3. The number of ether oxygens (including phenoxy) is 2. The lowest BCUT2D eigenvalue weighted by atomic mass is 9.77. The molecule has 0 atom stereocenters. The van der Waals surface area contributed by atoms with E-state index in [1.165, 1.54) is 22.3 Å². The van der Waals surface area contributed by atoms with Crippen molar-refractivity contribution in [3.63, 3.8) is 0 Å². The van der Waals surface area contributed by atoms with Crippen molar-refractivity contribution in [2.75, 3.05) is 13.2 Å². The fraction of sp³-hybridized carbons (Fsp3) is 0.438. The number of phenolic OH excluding ortho intramolecular Hbond substituents is 2. The molecule has 0 spiro atoms. The van der Waals surface area contributed by atoms with Gasteiger partial charge in [0.25, 0.3) is 0 Å². The lowest BCUT2D eigenvalue weighted by Gasteiger charge is -2.27. The van der Waals surface area contributed by atoms with E-state index in [0.29, 0.717) is 13.2 Å². The van der Waals surface area contributed by atoms with Gasteiger partial charge in [0, 0.05) is 33.4 Å².